The van der Waals surface area contributed by atoms with Crippen LogP contribution in [0.2, 0.25) is 0 Å². The Labute approximate surface area is 205 Å². The van der Waals surface area contributed by atoms with E-state index in [-0.39, 0.29) is 24.9 Å². The van der Waals surface area contributed by atoms with E-state index in [0.717, 1.165) is 35.7 Å². The molecule has 1 saturated heterocycles. The molecule has 34 heavy (non-hydrogen) atoms. The predicted octanol–water partition coefficient (Wildman–Crippen LogP) is 4.96. The van der Waals surface area contributed by atoms with Crippen molar-refractivity contribution in [3.8, 4) is 0 Å². The molecule has 1 fully saturated rings. The summed E-state index contributed by atoms with van der Waals surface area (Å²) in [4.78, 5) is 15.0. The number of rotatable bonds is 9. The molecule has 1 aliphatic rings. The zero-order valence-electron chi connectivity index (χ0n) is 21.2. The van der Waals surface area contributed by atoms with E-state index < -0.39 is 10.0 Å². The molecule has 7 heteroatoms. The van der Waals surface area contributed by atoms with E-state index in [1.807, 2.05) is 39.0 Å². The van der Waals surface area contributed by atoms with Crippen molar-refractivity contribution < 1.29 is 13.2 Å². The van der Waals surface area contributed by atoms with Crippen molar-refractivity contribution in [1.29, 1.82) is 0 Å². The highest BCUT2D eigenvalue weighted by atomic mass is 32.2. The molecular formula is C27H39N3O3S. The summed E-state index contributed by atoms with van der Waals surface area (Å²) in [7, 11) is -3.43. The molecule has 0 aromatic heterocycles. The second-order valence-corrected chi connectivity index (χ2v) is 11.8. The molecule has 1 aliphatic heterocycles. The standard InChI is InChI=1S/C27H39N3O3S/c1-20-8-6-14-29(19-20)25-12-10-24(11-13-25)23(4)28-27(31)9-7-15-30(34(5,32)33)26-17-21(2)16-22(3)18-26/h10-13,16-18,20,23H,6-9,14-15,19H2,1-5H3,(H,28,31)/t20-,23+/m0/s1. The summed E-state index contributed by atoms with van der Waals surface area (Å²) >= 11 is 0. The Morgan fingerprint density at radius 2 is 1.79 bits per heavy atom. The van der Waals surface area contributed by atoms with Crippen molar-refractivity contribution in [2.75, 3.05) is 35.1 Å². The number of hydrogen-bond acceptors (Lipinski definition) is 4. The Morgan fingerprint density at radius 1 is 1.15 bits per heavy atom. The zero-order chi connectivity index (χ0) is 24.9. The van der Waals surface area contributed by atoms with Crippen LogP contribution in [0, 0.1) is 19.8 Å². The molecule has 0 aliphatic carbocycles. The molecule has 0 radical (unpaired) electrons. The first kappa shape index (κ1) is 26.1. The van der Waals surface area contributed by atoms with Crippen LogP contribution in [-0.2, 0) is 14.8 Å². The van der Waals surface area contributed by atoms with Gasteiger partial charge in [-0.05, 0) is 86.9 Å². The number of nitrogens with one attached hydrogen (secondary N) is 1. The molecule has 1 N–H and O–H groups in total. The fraction of sp³-hybridized carbons (Fsp3) is 0.519. The van der Waals surface area contributed by atoms with Gasteiger partial charge in [0.05, 0.1) is 18.0 Å². The van der Waals surface area contributed by atoms with Gasteiger partial charge in [0.15, 0.2) is 0 Å². The smallest absolute Gasteiger partial charge is 0.232 e. The summed E-state index contributed by atoms with van der Waals surface area (Å²) in [6.07, 6.45) is 4.45. The lowest BCUT2D eigenvalue weighted by atomic mass is 9.99. The Bertz CT molecular complexity index is 1060. The van der Waals surface area contributed by atoms with Gasteiger partial charge in [0.1, 0.15) is 0 Å². The third kappa shape index (κ3) is 7.23. The van der Waals surface area contributed by atoms with Crippen molar-refractivity contribution in [1.82, 2.24) is 5.32 Å². The monoisotopic (exact) mass is 485 g/mol. The maximum Gasteiger partial charge on any atom is 0.232 e. The molecule has 186 valence electrons. The lowest BCUT2D eigenvalue weighted by molar-refractivity contribution is -0.121. The van der Waals surface area contributed by atoms with Crippen LogP contribution in [0.25, 0.3) is 0 Å². The lowest BCUT2D eigenvalue weighted by Gasteiger charge is -2.33. The summed E-state index contributed by atoms with van der Waals surface area (Å²) in [5.41, 5.74) is 4.97. The summed E-state index contributed by atoms with van der Waals surface area (Å²) in [6, 6.07) is 14.1. The number of benzene rings is 2. The van der Waals surface area contributed by atoms with Crippen LogP contribution in [0.1, 0.15) is 62.3 Å². The Hall–Kier alpha value is -2.54. The number of sulfonamides is 1. The molecule has 2 atom stereocenters. The van der Waals surface area contributed by atoms with E-state index in [0.29, 0.717) is 12.1 Å². The fourth-order valence-corrected chi connectivity index (χ4v) is 5.71. The van der Waals surface area contributed by atoms with Crippen LogP contribution < -0.4 is 14.5 Å². The van der Waals surface area contributed by atoms with Gasteiger partial charge in [0, 0.05) is 31.7 Å². The van der Waals surface area contributed by atoms with Gasteiger partial charge in [-0.25, -0.2) is 8.42 Å². The zero-order valence-corrected chi connectivity index (χ0v) is 22.0. The summed E-state index contributed by atoms with van der Waals surface area (Å²) in [5.74, 6) is 0.649. The van der Waals surface area contributed by atoms with E-state index in [1.54, 1.807) is 0 Å². The Kier molecular flexibility index (Phi) is 8.63. The maximum atomic E-state index is 12.6. The predicted molar refractivity (Wildman–Crippen MR) is 141 cm³/mol. The largest absolute Gasteiger partial charge is 0.371 e. The maximum absolute atomic E-state index is 12.6. The van der Waals surface area contributed by atoms with Crippen LogP contribution in [0.5, 0.6) is 0 Å². The van der Waals surface area contributed by atoms with Gasteiger partial charge >= 0.3 is 0 Å². The van der Waals surface area contributed by atoms with Crippen LogP contribution in [0.15, 0.2) is 42.5 Å². The average Bonchev–Trinajstić information content (AvgIpc) is 2.75. The van der Waals surface area contributed by atoms with E-state index in [4.69, 9.17) is 0 Å². The van der Waals surface area contributed by atoms with Gasteiger partial charge in [0.2, 0.25) is 15.9 Å². The number of nitrogens with zero attached hydrogens (tertiary/aromatic N) is 2. The van der Waals surface area contributed by atoms with Gasteiger partial charge in [-0.15, -0.1) is 0 Å². The highest BCUT2D eigenvalue weighted by Crippen LogP contribution is 2.25. The first-order valence-corrected chi connectivity index (χ1v) is 14.1. The normalized spacial score (nSPS) is 17.3. The van der Waals surface area contributed by atoms with Crippen molar-refractivity contribution in [3.63, 3.8) is 0 Å². The minimum absolute atomic E-state index is 0.0738. The van der Waals surface area contributed by atoms with Crippen LogP contribution in [0.3, 0.4) is 0 Å². The fourth-order valence-electron chi connectivity index (χ4n) is 4.76. The molecule has 3 rings (SSSR count). The van der Waals surface area contributed by atoms with Crippen molar-refractivity contribution in [2.24, 2.45) is 5.92 Å². The van der Waals surface area contributed by atoms with E-state index >= 15 is 0 Å². The average molecular weight is 486 g/mol. The van der Waals surface area contributed by atoms with Crippen LogP contribution in [-0.4, -0.2) is 40.2 Å². The number of carbonyl (C=O) groups is 1. The van der Waals surface area contributed by atoms with Crippen molar-refractivity contribution in [3.05, 3.63) is 59.2 Å². The summed E-state index contributed by atoms with van der Waals surface area (Å²) in [6.45, 7) is 10.6. The molecule has 1 heterocycles. The number of hydrogen-bond donors (Lipinski definition) is 1. The van der Waals surface area contributed by atoms with Gasteiger partial charge in [-0.2, -0.15) is 0 Å². The van der Waals surface area contributed by atoms with Crippen molar-refractivity contribution in [2.45, 2.75) is 59.4 Å². The molecule has 1 amide bonds. The highest BCUT2D eigenvalue weighted by Gasteiger charge is 2.19. The second-order valence-electron chi connectivity index (χ2n) is 9.86. The topological polar surface area (TPSA) is 69.7 Å². The van der Waals surface area contributed by atoms with Crippen molar-refractivity contribution >= 4 is 27.3 Å². The quantitative estimate of drug-likeness (QED) is 0.545. The molecule has 0 bridgehead atoms. The minimum Gasteiger partial charge on any atom is -0.371 e. The molecule has 0 spiro atoms. The molecule has 0 unspecified atom stereocenters. The van der Waals surface area contributed by atoms with Crippen LogP contribution >= 0.6 is 0 Å². The first-order chi connectivity index (χ1) is 16.0. The Morgan fingerprint density at radius 3 is 2.38 bits per heavy atom. The SMILES string of the molecule is Cc1cc(C)cc(N(CCCC(=O)N[C@H](C)c2ccc(N3CCC[C@H](C)C3)cc2)S(C)(=O)=O)c1. The van der Waals surface area contributed by atoms with E-state index in [1.165, 1.54) is 29.1 Å². The minimum atomic E-state index is -3.43. The lowest BCUT2D eigenvalue weighted by Crippen LogP contribution is -2.34. The molecule has 2 aromatic carbocycles. The first-order valence-electron chi connectivity index (χ1n) is 12.2. The number of amides is 1. The highest BCUT2D eigenvalue weighted by molar-refractivity contribution is 7.92. The number of aryl methyl sites for hydroxylation is 2. The molecule has 2 aromatic rings. The van der Waals surface area contributed by atoms with Gasteiger partial charge in [-0.1, -0.05) is 25.1 Å². The molecular weight excluding hydrogens is 446 g/mol. The summed E-state index contributed by atoms with van der Waals surface area (Å²) < 4.78 is 26.1. The Balaban J connectivity index is 1.53. The third-order valence-corrected chi connectivity index (χ3v) is 7.65. The second kappa shape index (κ2) is 11.3. The number of carbonyl (C=O) groups excluding carboxylic acids is 1. The van der Waals surface area contributed by atoms with Crippen LogP contribution in [0.4, 0.5) is 11.4 Å². The molecule has 6 nitrogen and oxygen atoms in total. The molecule has 0 saturated carbocycles. The van der Waals surface area contributed by atoms with Gasteiger partial charge in [0.25, 0.3) is 0 Å². The van der Waals surface area contributed by atoms with E-state index in [9.17, 15) is 13.2 Å². The summed E-state index contributed by atoms with van der Waals surface area (Å²) in [5, 5.41) is 3.05. The third-order valence-electron chi connectivity index (χ3n) is 6.45. The number of anilines is 2. The van der Waals surface area contributed by atoms with E-state index in [2.05, 4.69) is 41.4 Å². The van der Waals surface area contributed by atoms with Gasteiger partial charge in [-0.3, -0.25) is 9.10 Å². The van der Waals surface area contributed by atoms with Gasteiger partial charge < -0.3 is 10.2 Å². The number of piperidine rings is 1.